The fourth-order valence-electron chi connectivity index (χ4n) is 1.41. The third-order valence-electron chi connectivity index (χ3n) is 2.37. The first kappa shape index (κ1) is 12.9. The Morgan fingerprint density at radius 3 is 2.50 bits per heavy atom. The number of anilines is 1. The molecule has 0 aliphatic heterocycles. The Labute approximate surface area is 95.1 Å². The van der Waals surface area contributed by atoms with Gasteiger partial charge in [0, 0.05) is 12.1 Å². The molecular formula is C12H18F2N2. The Balaban J connectivity index is 2.52. The smallest absolute Gasteiger partial charge is 0.168 e. The average Bonchev–Trinajstić information content (AvgIpc) is 2.19. The van der Waals surface area contributed by atoms with Gasteiger partial charge >= 0.3 is 0 Å². The van der Waals surface area contributed by atoms with Crippen molar-refractivity contribution in [1.82, 2.24) is 4.98 Å². The molecule has 0 aliphatic carbocycles. The van der Waals surface area contributed by atoms with E-state index >= 15 is 0 Å². The van der Waals surface area contributed by atoms with Crippen LogP contribution in [0.4, 0.5) is 14.6 Å². The normalized spacial score (nSPS) is 12.9. The SMILES string of the molecule is CC(C)CCC(C)Nc1ncc(F)cc1F. The first-order chi connectivity index (χ1) is 7.49. The molecular weight excluding hydrogens is 210 g/mol. The van der Waals surface area contributed by atoms with Crippen LogP contribution >= 0.6 is 0 Å². The van der Waals surface area contributed by atoms with Gasteiger partial charge in [0.25, 0.3) is 0 Å². The Hall–Kier alpha value is -1.19. The number of hydrogen-bond acceptors (Lipinski definition) is 2. The molecule has 16 heavy (non-hydrogen) atoms. The Bertz CT molecular complexity index is 340. The van der Waals surface area contributed by atoms with E-state index in [0.717, 1.165) is 25.1 Å². The molecule has 0 fully saturated rings. The highest BCUT2D eigenvalue weighted by Gasteiger charge is 2.09. The van der Waals surface area contributed by atoms with Crippen LogP contribution in [0.25, 0.3) is 0 Å². The van der Waals surface area contributed by atoms with E-state index < -0.39 is 11.6 Å². The second-order valence-corrected chi connectivity index (χ2v) is 4.50. The van der Waals surface area contributed by atoms with E-state index in [4.69, 9.17) is 0 Å². The molecule has 1 unspecified atom stereocenters. The van der Waals surface area contributed by atoms with Gasteiger partial charge in [-0.15, -0.1) is 0 Å². The van der Waals surface area contributed by atoms with E-state index in [2.05, 4.69) is 24.1 Å². The zero-order valence-corrected chi connectivity index (χ0v) is 9.93. The van der Waals surface area contributed by atoms with Crippen LogP contribution < -0.4 is 5.32 Å². The molecule has 0 amide bonds. The van der Waals surface area contributed by atoms with Gasteiger partial charge in [-0.1, -0.05) is 13.8 Å². The second kappa shape index (κ2) is 5.77. The van der Waals surface area contributed by atoms with Crippen LogP contribution in [-0.4, -0.2) is 11.0 Å². The van der Waals surface area contributed by atoms with E-state index in [0.29, 0.717) is 5.92 Å². The molecule has 1 heterocycles. The van der Waals surface area contributed by atoms with E-state index in [9.17, 15) is 8.78 Å². The summed E-state index contributed by atoms with van der Waals surface area (Å²) in [6.07, 6.45) is 3.02. The summed E-state index contributed by atoms with van der Waals surface area (Å²) in [5.74, 6) is -0.554. The van der Waals surface area contributed by atoms with Crippen LogP contribution in [0.1, 0.15) is 33.6 Å². The van der Waals surface area contributed by atoms with Crippen LogP contribution in [0.5, 0.6) is 0 Å². The monoisotopic (exact) mass is 228 g/mol. The maximum atomic E-state index is 13.2. The van der Waals surface area contributed by atoms with Crippen molar-refractivity contribution >= 4 is 5.82 Å². The number of nitrogens with one attached hydrogen (secondary N) is 1. The highest BCUT2D eigenvalue weighted by Crippen LogP contribution is 2.15. The Morgan fingerprint density at radius 1 is 1.25 bits per heavy atom. The summed E-state index contributed by atoms with van der Waals surface area (Å²) in [6.45, 7) is 6.25. The van der Waals surface area contributed by atoms with Gasteiger partial charge < -0.3 is 5.32 Å². The minimum atomic E-state index is -0.655. The molecule has 1 N–H and O–H groups in total. The molecule has 4 heteroatoms. The van der Waals surface area contributed by atoms with Crippen molar-refractivity contribution in [3.05, 3.63) is 23.9 Å². The molecule has 0 aliphatic rings. The number of rotatable bonds is 5. The van der Waals surface area contributed by atoms with Crippen molar-refractivity contribution in [3.63, 3.8) is 0 Å². The number of nitrogens with zero attached hydrogens (tertiary/aromatic N) is 1. The van der Waals surface area contributed by atoms with Gasteiger partial charge in [0.05, 0.1) is 6.20 Å². The topological polar surface area (TPSA) is 24.9 Å². The van der Waals surface area contributed by atoms with Gasteiger partial charge in [-0.3, -0.25) is 0 Å². The van der Waals surface area contributed by atoms with Crippen molar-refractivity contribution in [3.8, 4) is 0 Å². The number of aromatic nitrogens is 1. The summed E-state index contributed by atoms with van der Waals surface area (Å²) in [5.41, 5.74) is 0. The molecule has 0 saturated heterocycles. The summed E-state index contributed by atoms with van der Waals surface area (Å²) < 4.78 is 25.9. The largest absolute Gasteiger partial charge is 0.365 e. The van der Waals surface area contributed by atoms with Crippen molar-refractivity contribution in [2.75, 3.05) is 5.32 Å². The van der Waals surface area contributed by atoms with Gasteiger partial charge in [0.2, 0.25) is 0 Å². The molecule has 1 atom stereocenters. The first-order valence-electron chi connectivity index (χ1n) is 5.56. The number of hydrogen-bond donors (Lipinski definition) is 1. The molecule has 0 radical (unpaired) electrons. The maximum absolute atomic E-state index is 13.2. The van der Waals surface area contributed by atoms with Gasteiger partial charge in [-0.25, -0.2) is 13.8 Å². The van der Waals surface area contributed by atoms with Crippen molar-refractivity contribution in [2.45, 2.75) is 39.7 Å². The van der Waals surface area contributed by atoms with E-state index in [1.807, 2.05) is 6.92 Å². The highest BCUT2D eigenvalue weighted by molar-refractivity contribution is 5.36. The van der Waals surface area contributed by atoms with E-state index in [-0.39, 0.29) is 11.9 Å². The lowest BCUT2D eigenvalue weighted by atomic mass is 10.0. The Kier molecular flexibility index (Phi) is 4.65. The first-order valence-corrected chi connectivity index (χ1v) is 5.56. The lowest BCUT2D eigenvalue weighted by Gasteiger charge is -2.15. The van der Waals surface area contributed by atoms with Gasteiger partial charge in [0.1, 0.15) is 5.82 Å². The summed E-state index contributed by atoms with van der Waals surface area (Å²) in [4.78, 5) is 3.68. The molecule has 0 bridgehead atoms. The summed E-state index contributed by atoms with van der Waals surface area (Å²) in [7, 11) is 0. The van der Waals surface area contributed by atoms with Gasteiger partial charge in [-0.05, 0) is 25.7 Å². The summed E-state index contributed by atoms with van der Waals surface area (Å²) in [5, 5.41) is 2.94. The Morgan fingerprint density at radius 2 is 1.94 bits per heavy atom. The molecule has 2 nitrogen and oxygen atoms in total. The zero-order valence-electron chi connectivity index (χ0n) is 9.93. The fourth-order valence-corrected chi connectivity index (χ4v) is 1.41. The van der Waals surface area contributed by atoms with E-state index in [1.54, 1.807) is 0 Å². The molecule has 1 aromatic rings. The minimum absolute atomic E-state index is 0.123. The highest BCUT2D eigenvalue weighted by atomic mass is 19.1. The van der Waals surface area contributed by atoms with Crippen molar-refractivity contribution in [2.24, 2.45) is 5.92 Å². The van der Waals surface area contributed by atoms with E-state index in [1.165, 1.54) is 0 Å². The molecule has 0 spiro atoms. The predicted molar refractivity (Wildman–Crippen MR) is 61.3 cm³/mol. The molecule has 90 valence electrons. The molecule has 0 saturated carbocycles. The quantitative estimate of drug-likeness (QED) is 0.833. The average molecular weight is 228 g/mol. The lowest BCUT2D eigenvalue weighted by molar-refractivity contribution is 0.522. The zero-order chi connectivity index (χ0) is 12.1. The van der Waals surface area contributed by atoms with Gasteiger partial charge in [-0.2, -0.15) is 0 Å². The minimum Gasteiger partial charge on any atom is -0.365 e. The van der Waals surface area contributed by atoms with Crippen molar-refractivity contribution < 1.29 is 8.78 Å². The van der Waals surface area contributed by atoms with Crippen LogP contribution in [0.15, 0.2) is 12.3 Å². The lowest BCUT2D eigenvalue weighted by Crippen LogP contribution is -2.17. The molecule has 1 rings (SSSR count). The van der Waals surface area contributed by atoms with Gasteiger partial charge in [0.15, 0.2) is 11.6 Å². The standard InChI is InChI=1S/C12H18F2N2/c1-8(2)4-5-9(3)16-12-11(14)6-10(13)7-15-12/h6-9H,4-5H2,1-3H3,(H,15,16). The molecule has 0 aromatic carbocycles. The van der Waals surface area contributed by atoms with Crippen molar-refractivity contribution in [1.29, 1.82) is 0 Å². The summed E-state index contributed by atoms with van der Waals surface area (Å²) in [6, 6.07) is 0.972. The number of pyridine rings is 1. The maximum Gasteiger partial charge on any atom is 0.168 e. The third-order valence-corrected chi connectivity index (χ3v) is 2.37. The van der Waals surface area contributed by atoms with Crippen LogP contribution in [0.3, 0.4) is 0 Å². The predicted octanol–water partition coefficient (Wildman–Crippen LogP) is 3.60. The third kappa shape index (κ3) is 4.13. The summed E-state index contributed by atoms with van der Waals surface area (Å²) >= 11 is 0. The number of halogens is 2. The van der Waals surface area contributed by atoms with Crippen LogP contribution in [0, 0.1) is 17.6 Å². The fraction of sp³-hybridized carbons (Fsp3) is 0.583. The van der Waals surface area contributed by atoms with Crippen LogP contribution in [-0.2, 0) is 0 Å². The van der Waals surface area contributed by atoms with Crippen LogP contribution in [0.2, 0.25) is 0 Å². The molecule has 1 aromatic heterocycles. The second-order valence-electron chi connectivity index (χ2n) is 4.50.